The Morgan fingerprint density at radius 1 is 1.20 bits per heavy atom. The average molecular weight is 402 g/mol. The van der Waals surface area contributed by atoms with Crippen molar-refractivity contribution in [1.29, 1.82) is 0 Å². The van der Waals surface area contributed by atoms with Gasteiger partial charge < -0.3 is 9.47 Å². The van der Waals surface area contributed by atoms with Crippen LogP contribution in [0.15, 0.2) is 52.6 Å². The Morgan fingerprint density at radius 3 is 2.68 bits per heavy atom. The molecule has 1 heterocycles. The molecule has 3 rings (SSSR count). The van der Waals surface area contributed by atoms with Crippen molar-refractivity contribution < 1.29 is 9.47 Å². The van der Waals surface area contributed by atoms with Gasteiger partial charge in [0.2, 0.25) is 5.88 Å². The van der Waals surface area contributed by atoms with Crippen molar-refractivity contribution in [2.75, 3.05) is 6.61 Å². The number of hydrogen-bond acceptors (Lipinski definition) is 3. The first-order chi connectivity index (χ1) is 12.1. The van der Waals surface area contributed by atoms with Crippen LogP contribution in [0.1, 0.15) is 45.1 Å². The van der Waals surface area contributed by atoms with E-state index in [0.29, 0.717) is 5.88 Å². The minimum atomic E-state index is 0.0459. The molecular weight excluding hydrogens is 378 g/mol. The Morgan fingerprint density at radius 2 is 2.00 bits per heavy atom. The third-order valence-corrected chi connectivity index (χ3v) is 5.06. The molecule has 1 aromatic heterocycles. The molecule has 0 aliphatic heterocycles. The summed E-state index contributed by atoms with van der Waals surface area (Å²) in [7, 11) is 0. The summed E-state index contributed by atoms with van der Waals surface area (Å²) in [5.41, 5.74) is 2.70. The van der Waals surface area contributed by atoms with Crippen LogP contribution in [0.25, 0.3) is 6.08 Å². The molecule has 0 amide bonds. The second kappa shape index (κ2) is 8.15. The lowest BCUT2D eigenvalue weighted by molar-refractivity contribution is -0.0431. The van der Waals surface area contributed by atoms with Gasteiger partial charge in [-0.15, -0.1) is 0 Å². The summed E-state index contributed by atoms with van der Waals surface area (Å²) >= 11 is 3.38. The van der Waals surface area contributed by atoms with Crippen molar-refractivity contribution in [2.24, 2.45) is 0 Å². The predicted molar refractivity (Wildman–Crippen MR) is 105 cm³/mol. The molecule has 1 aliphatic carbocycles. The molecule has 132 valence electrons. The van der Waals surface area contributed by atoms with Crippen LogP contribution in [0.5, 0.6) is 11.6 Å². The molecule has 0 radical (unpaired) electrons. The van der Waals surface area contributed by atoms with Crippen LogP contribution in [0.3, 0.4) is 0 Å². The number of ether oxygens (including phenoxy) is 2. The zero-order valence-corrected chi connectivity index (χ0v) is 16.4. The molecule has 25 heavy (non-hydrogen) atoms. The minimum Gasteiger partial charge on any atom is -0.439 e. The van der Waals surface area contributed by atoms with Crippen LogP contribution in [0, 0.1) is 0 Å². The van der Waals surface area contributed by atoms with Gasteiger partial charge in [0.25, 0.3) is 0 Å². The first-order valence-electron chi connectivity index (χ1n) is 8.79. The fraction of sp³-hybridized carbons (Fsp3) is 0.381. The van der Waals surface area contributed by atoms with Gasteiger partial charge >= 0.3 is 0 Å². The maximum absolute atomic E-state index is 5.91. The zero-order valence-electron chi connectivity index (χ0n) is 14.8. The van der Waals surface area contributed by atoms with Crippen LogP contribution in [-0.2, 0) is 4.74 Å². The van der Waals surface area contributed by atoms with Crippen molar-refractivity contribution in [2.45, 2.75) is 45.1 Å². The highest BCUT2D eigenvalue weighted by molar-refractivity contribution is 9.10. The normalized spacial score (nSPS) is 20.4. The largest absolute Gasteiger partial charge is 0.439 e. The Hall–Kier alpha value is -1.65. The fourth-order valence-corrected chi connectivity index (χ4v) is 3.42. The van der Waals surface area contributed by atoms with Gasteiger partial charge in [-0.2, -0.15) is 0 Å². The first kappa shape index (κ1) is 18.2. The smallest absolute Gasteiger partial charge is 0.219 e. The summed E-state index contributed by atoms with van der Waals surface area (Å²) in [5.74, 6) is 1.40. The Balaban J connectivity index is 1.67. The van der Waals surface area contributed by atoms with E-state index in [0.717, 1.165) is 42.5 Å². The number of aromatic nitrogens is 1. The van der Waals surface area contributed by atoms with Crippen LogP contribution in [0.4, 0.5) is 0 Å². The van der Waals surface area contributed by atoms with Crippen molar-refractivity contribution in [3.05, 3.63) is 58.2 Å². The molecule has 0 atom stereocenters. The van der Waals surface area contributed by atoms with Gasteiger partial charge in [-0.3, -0.25) is 0 Å². The number of benzene rings is 1. The predicted octanol–water partition coefficient (Wildman–Crippen LogP) is 6.39. The fourth-order valence-electron chi connectivity index (χ4n) is 3.18. The lowest BCUT2D eigenvalue weighted by Gasteiger charge is -2.34. The van der Waals surface area contributed by atoms with Crippen molar-refractivity contribution in [3.8, 4) is 11.6 Å². The molecule has 1 saturated carbocycles. The van der Waals surface area contributed by atoms with E-state index in [-0.39, 0.29) is 5.60 Å². The molecule has 1 aromatic carbocycles. The molecule has 1 aliphatic rings. The van der Waals surface area contributed by atoms with Crippen LogP contribution in [0.2, 0.25) is 0 Å². The Kier molecular flexibility index (Phi) is 5.92. The van der Waals surface area contributed by atoms with Crippen molar-refractivity contribution >= 4 is 22.0 Å². The Labute approximate surface area is 158 Å². The summed E-state index contributed by atoms with van der Waals surface area (Å²) < 4.78 is 12.7. The number of halogens is 1. The lowest BCUT2D eigenvalue weighted by atomic mass is 9.82. The van der Waals surface area contributed by atoms with E-state index in [1.807, 2.05) is 24.3 Å². The second-order valence-electron chi connectivity index (χ2n) is 6.67. The highest BCUT2D eigenvalue weighted by Gasteiger charge is 2.28. The monoisotopic (exact) mass is 401 g/mol. The number of nitrogens with zero attached hydrogens (tertiary/aromatic N) is 1. The summed E-state index contributed by atoms with van der Waals surface area (Å²) in [6, 6.07) is 11.9. The van der Waals surface area contributed by atoms with E-state index in [9.17, 15) is 0 Å². The average Bonchev–Trinajstić information content (AvgIpc) is 2.60. The summed E-state index contributed by atoms with van der Waals surface area (Å²) in [4.78, 5) is 4.25. The van der Waals surface area contributed by atoms with E-state index in [2.05, 4.69) is 53.0 Å². The van der Waals surface area contributed by atoms with Crippen molar-refractivity contribution in [3.63, 3.8) is 0 Å². The van der Waals surface area contributed by atoms with Crippen LogP contribution >= 0.6 is 15.9 Å². The van der Waals surface area contributed by atoms with Gasteiger partial charge in [0.1, 0.15) is 5.75 Å². The highest BCUT2D eigenvalue weighted by atomic mass is 79.9. The number of allylic oxidation sites excluding steroid dienone is 1. The molecule has 1 fully saturated rings. The molecular formula is C21H24BrNO2. The third kappa shape index (κ3) is 5.16. The van der Waals surface area contributed by atoms with E-state index in [4.69, 9.17) is 9.47 Å². The third-order valence-electron chi connectivity index (χ3n) is 4.59. The first-order valence-corrected chi connectivity index (χ1v) is 9.58. The maximum atomic E-state index is 5.91. The number of rotatable bonds is 5. The standard InChI is InChI=1S/C21H24BrNO2/c1-3-24-21(2)11-9-16(10-12-21)13-17-5-4-6-19(14-17)25-20-8-7-18(22)15-23-20/h4-8,13-15H,3,9-12H2,1-2H3. The molecule has 3 nitrogen and oxygen atoms in total. The Bertz CT molecular complexity index is 730. The van der Waals surface area contributed by atoms with E-state index < -0.39 is 0 Å². The van der Waals surface area contributed by atoms with Gasteiger partial charge in [0.15, 0.2) is 0 Å². The summed E-state index contributed by atoms with van der Waals surface area (Å²) in [6.45, 7) is 5.09. The zero-order chi connectivity index (χ0) is 17.7. The SMILES string of the molecule is CCOC1(C)CCC(=Cc2cccc(Oc3ccc(Br)cn3)c2)CC1. The quantitative estimate of drug-likeness (QED) is 0.581. The van der Waals surface area contributed by atoms with E-state index in [1.54, 1.807) is 6.20 Å². The summed E-state index contributed by atoms with van der Waals surface area (Å²) in [5, 5.41) is 0. The topological polar surface area (TPSA) is 31.4 Å². The second-order valence-corrected chi connectivity index (χ2v) is 7.59. The van der Waals surface area contributed by atoms with Gasteiger partial charge in [0.05, 0.1) is 5.60 Å². The van der Waals surface area contributed by atoms with Gasteiger partial charge in [-0.25, -0.2) is 4.98 Å². The minimum absolute atomic E-state index is 0.0459. The van der Waals surface area contributed by atoms with E-state index >= 15 is 0 Å². The van der Waals surface area contributed by atoms with Gasteiger partial charge in [0, 0.05) is 23.3 Å². The highest BCUT2D eigenvalue weighted by Crippen LogP contribution is 2.35. The van der Waals surface area contributed by atoms with Gasteiger partial charge in [-0.05, 0) is 79.2 Å². The lowest BCUT2D eigenvalue weighted by Crippen LogP contribution is -2.31. The van der Waals surface area contributed by atoms with Gasteiger partial charge in [-0.1, -0.05) is 23.8 Å². The number of pyridine rings is 1. The molecule has 0 saturated heterocycles. The van der Waals surface area contributed by atoms with Crippen molar-refractivity contribution in [1.82, 2.24) is 4.98 Å². The maximum Gasteiger partial charge on any atom is 0.219 e. The van der Waals surface area contributed by atoms with Crippen LogP contribution < -0.4 is 4.74 Å². The molecule has 4 heteroatoms. The molecule has 0 unspecified atom stereocenters. The van der Waals surface area contributed by atoms with E-state index in [1.165, 1.54) is 11.1 Å². The molecule has 0 N–H and O–H groups in total. The molecule has 0 bridgehead atoms. The summed E-state index contributed by atoms with van der Waals surface area (Å²) in [6.07, 6.45) is 8.38. The molecule has 2 aromatic rings. The van der Waals surface area contributed by atoms with Crippen LogP contribution in [-0.4, -0.2) is 17.2 Å². The molecule has 0 spiro atoms. The number of hydrogen-bond donors (Lipinski definition) is 0.